The molecule has 37 heavy (non-hydrogen) atoms. The monoisotopic (exact) mass is 526 g/mol. The van der Waals surface area contributed by atoms with Gasteiger partial charge in [-0.15, -0.1) is 0 Å². The molecule has 2 aromatic heterocycles. The van der Waals surface area contributed by atoms with Crippen molar-refractivity contribution in [3.63, 3.8) is 0 Å². The van der Waals surface area contributed by atoms with Gasteiger partial charge >= 0.3 is 12.1 Å². The van der Waals surface area contributed by atoms with Crippen molar-refractivity contribution in [3.8, 4) is 11.1 Å². The van der Waals surface area contributed by atoms with Gasteiger partial charge in [0, 0.05) is 17.4 Å². The Morgan fingerprint density at radius 2 is 1.70 bits per heavy atom. The summed E-state index contributed by atoms with van der Waals surface area (Å²) in [6, 6.07) is 14.4. The van der Waals surface area contributed by atoms with Gasteiger partial charge in [-0.3, -0.25) is 4.79 Å². The first kappa shape index (κ1) is 24.7. The molecular formula is C26H21F3N4O3S. The molecule has 190 valence electrons. The number of carboxylic acid groups (broad SMARTS) is 1. The number of alkyl halides is 3. The number of fused-ring (bicyclic) bond motifs is 1. The molecule has 2 heterocycles. The normalized spacial score (nSPS) is 14.4. The van der Waals surface area contributed by atoms with Crippen LogP contribution in [0.1, 0.15) is 35.2 Å². The lowest BCUT2D eigenvalue weighted by Gasteiger charge is -2.14. The summed E-state index contributed by atoms with van der Waals surface area (Å²) >= 11 is 1.08. The van der Waals surface area contributed by atoms with Crippen molar-refractivity contribution in [2.75, 3.05) is 5.32 Å². The van der Waals surface area contributed by atoms with E-state index in [-0.39, 0.29) is 5.65 Å². The molecule has 0 unspecified atom stereocenters. The fourth-order valence-electron chi connectivity index (χ4n) is 3.86. The molecule has 11 heteroatoms. The molecule has 5 rings (SSSR count). The molecule has 0 spiro atoms. The van der Waals surface area contributed by atoms with E-state index in [2.05, 4.69) is 20.6 Å². The summed E-state index contributed by atoms with van der Waals surface area (Å²) in [5.41, 5.74) is 2.24. The molecule has 2 aromatic carbocycles. The lowest BCUT2D eigenvalue weighted by Crippen LogP contribution is -2.41. The SMILES string of the molecule is O=C(N[C@@H](CC1CC1)C(=O)O)c1ccc(-c2ccc(Nc3nc4ncc(C(F)(F)F)cc4s3)cc2)cc1. The molecular weight excluding hydrogens is 505 g/mol. The number of pyridine rings is 1. The lowest BCUT2D eigenvalue weighted by molar-refractivity contribution is -0.139. The zero-order chi connectivity index (χ0) is 26.2. The molecule has 1 atom stereocenters. The van der Waals surface area contributed by atoms with Gasteiger partial charge in [-0.05, 0) is 53.8 Å². The zero-order valence-electron chi connectivity index (χ0n) is 19.2. The second-order valence-electron chi connectivity index (χ2n) is 8.89. The molecule has 0 aliphatic heterocycles. The highest BCUT2D eigenvalue weighted by molar-refractivity contribution is 7.22. The highest BCUT2D eigenvalue weighted by Crippen LogP contribution is 2.35. The molecule has 0 saturated heterocycles. The van der Waals surface area contributed by atoms with Crippen LogP contribution in [0, 0.1) is 5.92 Å². The third-order valence-electron chi connectivity index (χ3n) is 6.06. The largest absolute Gasteiger partial charge is 0.480 e. The molecule has 0 bridgehead atoms. The minimum Gasteiger partial charge on any atom is -0.480 e. The maximum atomic E-state index is 12.9. The van der Waals surface area contributed by atoms with E-state index in [1.54, 1.807) is 24.3 Å². The minimum atomic E-state index is -4.46. The number of thiazole rings is 1. The van der Waals surface area contributed by atoms with Gasteiger partial charge in [-0.1, -0.05) is 48.4 Å². The number of hydrogen-bond donors (Lipinski definition) is 3. The van der Waals surface area contributed by atoms with Gasteiger partial charge in [-0.2, -0.15) is 18.2 Å². The van der Waals surface area contributed by atoms with Crippen molar-refractivity contribution < 1.29 is 27.9 Å². The second-order valence-corrected chi connectivity index (χ2v) is 9.92. The number of amides is 1. The number of aliphatic carboxylic acids is 1. The van der Waals surface area contributed by atoms with Crippen LogP contribution in [-0.4, -0.2) is 33.0 Å². The van der Waals surface area contributed by atoms with Crippen LogP contribution in [0.2, 0.25) is 0 Å². The topological polar surface area (TPSA) is 104 Å². The van der Waals surface area contributed by atoms with Gasteiger partial charge < -0.3 is 15.7 Å². The maximum Gasteiger partial charge on any atom is 0.417 e. The lowest BCUT2D eigenvalue weighted by atomic mass is 10.0. The quantitative estimate of drug-likeness (QED) is 0.256. The molecule has 4 aromatic rings. The number of anilines is 2. The second kappa shape index (κ2) is 9.81. The Bertz CT molecular complexity index is 1450. The van der Waals surface area contributed by atoms with Gasteiger partial charge in [0.2, 0.25) is 0 Å². The number of carbonyl (C=O) groups is 2. The van der Waals surface area contributed by atoms with Crippen molar-refractivity contribution in [1.29, 1.82) is 0 Å². The first-order chi connectivity index (χ1) is 17.7. The number of nitrogens with zero attached hydrogens (tertiary/aromatic N) is 2. The van der Waals surface area contributed by atoms with Crippen LogP contribution in [0.4, 0.5) is 24.0 Å². The van der Waals surface area contributed by atoms with Crippen molar-refractivity contribution >= 4 is 44.4 Å². The smallest absolute Gasteiger partial charge is 0.417 e. The molecule has 3 N–H and O–H groups in total. The summed E-state index contributed by atoms with van der Waals surface area (Å²) < 4.78 is 39.1. The van der Waals surface area contributed by atoms with Crippen molar-refractivity contribution in [3.05, 3.63) is 71.9 Å². The Labute approximate surface area is 213 Å². The molecule has 1 aliphatic carbocycles. The van der Waals surface area contributed by atoms with E-state index in [4.69, 9.17) is 0 Å². The van der Waals surface area contributed by atoms with E-state index in [1.165, 1.54) is 0 Å². The van der Waals surface area contributed by atoms with Crippen LogP contribution in [0.25, 0.3) is 21.5 Å². The van der Waals surface area contributed by atoms with Gasteiger partial charge in [0.05, 0.1) is 10.3 Å². The van der Waals surface area contributed by atoms with Gasteiger partial charge in [-0.25, -0.2) is 9.78 Å². The first-order valence-corrected chi connectivity index (χ1v) is 12.3. The number of carbonyl (C=O) groups excluding carboxylic acids is 1. The fourth-order valence-corrected chi connectivity index (χ4v) is 4.75. The molecule has 0 radical (unpaired) electrons. The molecule has 1 aliphatic rings. The van der Waals surface area contributed by atoms with Gasteiger partial charge in [0.1, 0.15) is 6.04 Å². The Morgan fingerprint density at radius 1 is 1.05 bits per heavy atom. The average Bonchev–Trinajstić information content (AvgIpc) is 3.59. The molecule has 1 saturated carbocycles. The van der Waals surface area contributed by atoms with Crippen LogP contribution in [0.3, 0.4) is 0 Å². The van der Waals surface area contributed by atoms with E-state index >= 15 is 0 Å². The van der Waals surface area contributed by atoms with E-state index in [0.717, 1.165) is 47.6 Å². The van der Waals surface area contributed by atoms with Crippen LogP contribution < -0.4 is 10.6 Å². The van der Waals surface area contributed by atoms with Crippen LogP contribution in [0.5, 0.6) is 0 Å². The molecule has 1 amide bonds. The average molecular weight is 527 g/mol. The van der Waals surface area contributed by atoms with E-state index in [9.17, 15) is 27.9 Å². The molecule has 1 fully saturated rings. The van der Waals surface area contributed by atoms with E-state index in [0.29, 0.717) is 33.4 Å². The number of rotatable bonds is 8. The summed E-state index contributed by atoms with van der Waals surface area (Å²) in [4.78, 5) is 32.0. The van der Waals surface area contributed by atoms with Crippen LogP contribution in [0.15, 0.2) is 60.8 Å². The zero-order valence-corrected chi connectivity index (χ0v) is 20.1. The predicted octanol–water partition coefficient (Wildman–Crippen LogP) is 6.10. The van der Waals surface area contributed by atoms with Crippen molar-refractivity contribution in [1.82, 2.24) is 15.3 Å². The summed E-state index contributed by atoms with van der Waals surface area (Å²) in [5, 5.41) is 15.5. The number of aromatic nitrogens is 2. The summed E-state index contributed by atoms with van der Waals surface area (Å²) in [7, 11) is 0. The number of hydrogen-bond acceptors (Lipinski definition) is 6. The predicted molar refractivity (Wildman–Crippen MR) is 134 cm³/mol. The van der Waals surface area contributed by atoms with Crippen LogP contribution >= 0.6 is 11.3 Å². The van der Waals surface area contributed by atoms with Crippen LogP contribution in [-0.2, 0) is 11.0 Å². The third kappa shape index (κ3) is 5.88. The fraction of sp³-hybridized carbons (Fsp3) is 0.231. The van der Waals surface area contributed by atoms with Crippen molar-refractivity contribution in [2.45, 2.75) is 31.5 Å². The minimum absolute atomic E-state index is 0.239. The molecule has 7 nitrogen and oxygen atoms in total. The number of carboxylic acids is 1. The Morgan fingerprint density at radius 3 is 2.30 bits per heavy atom. The van der Waals surface area contributed by atoms with Gasteiger partial charge in [0.25, 0.3) is 5.91 Å². The third-order valence-corrected chi connectivity index (χ3v) is 6.97. The van der Waals surface area contributed by atoms with Gasteiger partial charge in [0.15, 0.2) is 10.8 Å². The Balaban J connectivity index is 1.24. The highest BCUT2D eigenvalue weighted by Gasteiger charge is 2.32. The summed E-state index contributed by atoms with van der Waals surface area (Å²) in [6.45, 7) is 0. The number of benzene rings is 2. The maximum absolute atomic E-state index is 12.9. The number of halogens is 3. The standard InChI is InChI=1S/C26H21F3N4O3S/c27-26(28,29)18-12-21-22(30-13-18)33-25(37-21)31-19-9-7-16(8-10-19)15-3-5-17(6-4-15)23(34)32-20(24(35)36)11-14-1-2-14/h3-10,12-14,20H,1-2,11H2,(H,32,34)(H,35,36)(H,30,31,33)/t20-/m0/s1. The van der Waals surface area contributed by atoms with E-state index < -0.39 is 29.7 Å². The summed E-state index contributed by atoms with van der Waals surface area (Å²) in [5.74, 6) is -1.08. The first-order valence-electron chi connectivity index (χ1n) is 11.5. The number of nitrogens with one attached hydrogen (secondary N) is 2. The Kier molecular flexibility index (Phi) is 6.55. The van der Waals surface area contributed by atoms with E-state index in [1.807, 2.05) is 24.3 Å². The van der Waals surface area contributed by atoms with Crippen molar-refractivity contribution in [2.24, 2.45) is 5.92 Å². The Hall–Kier alpha value is -3.99. The summed E-state index contributed by atoms with van der Waals surface area (Å²) in [6.07, 6.45) is -1.24. The highest BCUT2D eigenvalue weighted by atomic mass is 32.1.